The number of aryl methyl sites for hydroxylation is 2. The Morgan fingerprint density at radius 1 is 1.28 bits per heavy atom. The summed E-state index contributed by atoms with van der Waals surface area (Å²) in [6.45, 7) is 4.66. The number of nitrogens with one attached hydrogen (secondary N) is 2. The van der Waals surface area contributed by atoms with E-state index in [1.54, 1.807) is 4.68 Å². The summed E-state index contributed by atoms with van der Waals surface area (Å²) < 4.78 is 1.74. The molecule has 7 nitrogen and oxygen atoms in total. The van der Waals surface area contributed by atoms with Crippen molar-refractivity contribution in [1.29, 1.82) is 0 Å². The van der Waals surface area contributed by atoms with Crippen molar-refractivity contribution >= 4 is 11.8 Å². The van der Waals surface area contributed by atoms with Crippen molar-refractivity contribution in [2.45, 2.75) is 20.4 Å². The van der Waals surface area contributed by atoms with E-state index in [0.29, 0.717) is 13.1 Å². The van der Waals surface area contributed by atoms with E-state index in [2.05, 4.69) is 15.7 Å². The van der Waals surface area contributed by atoms with Gasteiger partial charge in [0.25, 0.3) is 0 Å². The lowest BCUT2D eigenvalue weighted by molar-refractivity contribution is -0.139. The van der Waals surface area contributed by atoms with Crippen LogP contribution < -0.4 is 16.4 Å². The SMILES string of the molecule is Cc1nn(C)c(C)c1CNC(=O)C(=O)NCCN. The fourth-order valence-corrected chi connectivity index (χ4v) is 1.59. The van der Waals surface area contributed by atoms with Gasteiger partial charge in [0.1, 0.15) is 0 Å². The predicted molar refractivity (Wildman–Crippen MR) is 66.6 cm³/mol. The Hall–Kier alpha value is -1.89. The molecule has 0 saturated heterocycles. The van der Waals surface area contributed by atoms with Gasteiger partial charge in [0, 0.05) is 37.9 Å². The average Bonchev–Trinajstić information content (AvgIpc) is 2.58. The van der Waals surface area contributed by atoms with Gasteiger partial charge in [-0.2, -0.15) is 5.10 Å². The molecule has 0 spiro atoms. The van der Waals surface area contributed by atoms with Crippen molar-refractivity contribution in [3.63, 3.8) is 0 Å². The summed E-state index contributed by atoms with van der Waals surface area (Å²) in [6.07, 6.45) is 0. The highest BCUT2D eigenvalue weighted by molar-refractivity contribution is 6.35. The van der Waals surface area contributed by atoms with Gasteiger partial charge in [0.2, 0.25) is 0 Å². The lowest BCUT2D eigenvalue weighted by atomic mass is 10.2. The summed E-state index contributed by atoms with van der Waals surface area (Å²) in [7, 11) is 1.83. The van der Waals surface area contributed by atoms with E-state index >= 15 is 0 Å². The molecule has 4 N–H and O–H groups in total. The Bertz CT molecular complexity index is 453. The second kappa shape index (κ2) is 6.15. The number of aromatic nitrogens is 2. The molecule has 0 aromatic carbocycles. The van der Waals surface area contributed by atoms with Crippen LogP contribution in [0.2, 0.25) is 0 Å². The molecule has 18 heavy (non-hydrogen) atoms. The second-order valence-electron chi connectivity index (χ2n) is 4.00. The first-order valence-corrected chi connectivity index (χ1v) is 5.72. The smallest absolute Gasteiger partial charge is 0.309 e. The van der Waals surface area contributed by atoms with Crippen LogP contribution in [0.3, 0.4) is 0 Å². The molecule has 1 rings (SSSR count). The molecule has 0 saturated carbocycles. The highest BCUT2D eigenvalue weighted by Gasteiger charge is 2.15. The minimum Gasteiger partial charge on any atom is -0.347 e. The normalized spacial score (nSPS) is 10.2. The maximum absolute atomic E-state index is 11.5. The Balaban J connectivity index is 2.55. The van der Waals surface area contributed by atoms with E-state index in [-0.39, 0.29) is 6.54 Å². The number of amides is 2. The van der Waals surface area contributed by atoms with Crippen LogP contribution in [0.25, 0.3) is 0 Å². The molecule has 0 fully saturated rings. The summed E-state index contributed by atoms with van der Waals surface area (Å²) in [5.41, 5.74) is 7.97. The van der Waals surface area contributed by atoms with Crippen molar-refractivity contribution in [3.8, 4) is 0 Å². The Labute approximate surface area is 106 Å². The lowest BCUT2D eigenvalue weighted by Gasteiger charge is -2.06. The fraction of sp³-hybridized carbons (Fsp3) is 0.545. The maximum Gasteiger partial charge on any atom is 0.309 e. The van der Waals surface area contributed by atoms with Gasteiger partial charge in [-0.3, -0.25) is 14.3 Å². The Kier molecular flexibility index (Phi) is 4.85. The van der Waals surface area contributed by atoms with Crippen molar-refractivity contribution in [2.24, 2.45) is 12.8 Å². The van der Waals surface area contributed by atoms with Crippen LogP contribution in [-0.2, 0) is 23.2 Å². The molecule has 7 heteroatoms. The van der Waals surface area contributed by atoms with E-state index in [0.717, 1.165) is 17.0 Å². The molecular formula is C11H19N5O2. The number of carbonyl (C=O) groups is 2. The van der Waals surface area contributed by atoms with Gasteiger partial charge in [0.05, 0.1) is 5.69 Å². The molecule has 0 unspecified atom stereocenters. The number of hydrogen-bond donors (Lipinski definition) is 3. The van der Waals surface area contributed by atoms with E-state index in [1.807, 2.05) is 20.9 Å². The van der Waals surface area contributed by atoms with Gasteiger partial charge in [-0.15, -0.1) is 0 Å². The van der Waals surface area contributed by atoms with Crippen LogP contribution in [0.15, 0.2) is 0 Å². The summed E-state index contributed by atoms with van der Waals surface area (Å²) in [6, 6.07) is 0. The van der Waals surface area contributed by atoms with Crippen LogP contribution in [0.4, 0.5) is 0 Å². The molecule has 100 valence electrons. The first-order valence-electron chi connectivity index (χ1n) is 5.72. The van der Waals surface area contributed by atoms with Crippen molar-refractivity contribution in [2.75, 3.05) is 13.1 Å². The summed E-state index contributed by atoms with van der Waals surface area (Å²) in [5.74, 6) is -1.33. The van der Waals surface area contributed by atoms with E-state index in [1.165, 1.54) is 0 Å². The number of nitrogens with zero attached hydrogens (tertiary/aromatic N) is 2. The lowest BCUT2D eigenvalue weighted by Crippen LogP contribution is -2.41. The van der Waals surface area contributed by atoms with Gasteiger partial charge < -0.3 is 16.4 Å². The molecular weight excluding hydrogens is 234 g/mol. The largest absolute Gasteiger partial charge is 0.347 e. The topological polar surface area (TPSA) is 102 Å². The van der Waals surface area contributed by atoms with E-state index < -0.39 is 11.8 Å². The van der Waals surface area contributed by atoms with Crippen LogP contribution in [0, 0.1) is 13.8 Å². The minimum absolute atomic E-state index is 0.289. The maximum atomic E-state index is 11.5. The molecule has 0 bridgehead atoms. The van der Waals surface area contributed by atoms with E-state index in [9.17, 15) is 9.59 Å². The zero-order valence-corrected chi connectivity index (χ0v) is 10.9. The van der Waals surface area contributed by atoms with Gasteiger partial charge in [-0.25, -0.2) is 0 Å². The van der Waals surface area contributed by atoms with Gasteiger partial charge >= 0.3 is 11.8 Å². The Morgan fingerprint density at radius 3 is 2.39 bits per heavy atom. The minimum atomic E-state index is -0.667. The standard InChI is InChI=1S/C11H19N5O2/c1-7-9(8(2)16(3)15-7)6-14-11(18)10(17)13-5-4-12/h4-6,12H2,1-3H3,(H,13,17)(H,14,18). The summed E-state index contributed by atoms with van der Waals surface area (Å²) in [5, 5.41) is 9.19. The quantitative estimate of drug-likeness (QED) is 0.582. The summed E-state index contributed by atoms with van der Waals surface area (Å²) >= 11 is 0. The van der Waals surface area contributed by atoms with E-state index in [4.69, 9.17) is 5.73 Å². The van der Waals surface area contributed by atoms with Crippen LogP contribution in [0.1, 0.15) is 17.0 Å². The molecule has 1 heterocycles. The molecule has 1 aromatic heterocycles. The monoisotopic (exact) mass is 253 g/mol. The van der Waals surface area contributed by atoms with Gasteiger partial charge in [-0.1, -0.05) is 0 Å². The zero-order chi connectivity index (χ0) is 13.7. The average molecular weight is 253 g/mol. The van der Waals surface area contributed by atoms with Gasteiger partial charge in [0.15, 0.2) is 0 Å². The first-order chi connectivity index (χ1) is 8.47. The molecule has 0 aliphatic rings. The molecule has 1 aromatic rings. The zero-order valence-electron chi connectivity index (χ0n) is 10.9. The third-order valence-corrected chi connectivity index (χ3v) is 2.72. The molecule has 0 aliphatic heterocycles. The van der Waals surface area contributed by atoms with Crippen LogP contribution in [-0.4, -0.2) is 34.7 Å². The number of hydrogen-bond acceptors (Lipinski definition) is 4. The molecule has 0 atom stereocenters. The van der Waals surface area contributed by atoms with Crippen molar-refractivity contribution in [3.05, 3.63) is 17.0 Å². The Morgan fingerprint density at radius 2 is 1.89 bits per heavy atom. The highest BCUT2D eigenvalue weighted by atomic mass is 16.2. The number of nitrogens with two attached hydrogens (primary N) is 1. The molecule has 0 radical (unpaired) electrons. The van der Waals surface area contributed by atoms with Crippen LogP contribution in [0.5, 0.6) is 0 Å². The first kappa shape index (κ1) is 14.2. The molecule has 2 amide bonds. The molecule has 0 aliphatic carbocycles. The number of carbonyl (C=O) groups excluding carboxylic acids is 2. The summed E-state index contributed by atoms with van der Waals surface area (Å²) in [4.78, 5) is 22.8. The second-order valence-corrected chi connectivity index (χ2v) is 4.00. The third-order valence-electron chi connectivity index (χ3n) is 2.72. The van der Waals surface area contributed by atoms with Crippen LogP contribution >= 0.6 is 0 Å². The fourth-order valence-electron chi connectivity index (χ4n) is 1.59. The predicted octanol–water partition coefficient (Wildman–Crippen LogP) is -1.27. The van der Waals surface area contributed by atoms with Gasteiger partial charge in [-0.05, 0) is 13.8 Å². The van der Waals surface area contributed by atoms with Crippen molar-refractivity contribution < 1.29 is 9.59 Å². The highest BCUT2D eigenvalue weighted by Crippen LogP contribution is 2.10. The third kappa shape index (κ3) is 3.30. The van der Waals surface area contributed by atoms with Crippen molar-refractivity contribution in [1.82, 2.24) is 20.4 Å². The number of rotatable bonds is 4.